The monoisotopic (exact) mass is 341 g/mol. The van der Waals surface area contributed by atoms with E-state index < -0.39 is 24.5 Å². The molecule has 8 nitrogen and oxygen atoms in total. The van der Waals surface area contributed by atoms with Gasteiger partial charge in [0.2, 0.25) is 0 Å². The normalized spacial score (nSPS) is 30.6. The number of anilines is 1. The molecule has 0 aromatic carbocycles. The van der Waals surface area contributed by atoms with Gasteiger partial charge in [-0.3, -0.25) is 4.57 Å². The molecule has 1 aliphatic rings. The predicted octanol–water partition coefficient (Wildman–Crippen LogP) is -0.0637. The fourth-order valence-electron chi connectivity index (χ4n) is 2.20. The molecule has 4 atom stereocenters. The summed E-state index contributed by atoms with van der Waals surface area (Å²) in [6.45, 7) is 0. The lowest BCUT2D eigenvalue weighted by Gasteiger charge is -2.16. The number of rotatable bonds is 2. The molecule has 0 saturated carbocycles. The van der Waals surface area contributed by atoms with E-state index in [2.05, 4.69) is 30.9 Å². The van der Waals surface area contributed by atoms with Crippen molar-refractivity contribution in [1.29, 1.82) is 0 Å². The van der Waals surface area contributed by atoms with Gasteiger partial charge in [0.25, 0.3) is 0 Å². The van der Waals surface area contributed by atoms with Gasteiger partial charge < -0.3 is 20.7 Å². The fraction of sp³-hybridized carbons (Fsp3) is 0.364. The number of imidazole rings is 1. The Labute approximate surface area is 122 Å². The molecule has 3 heterocycles. The van der Waals surface area contributed by atoms with E-state index in [4.69, 9.17) is 10.5 Å². The number of hydrogen-bond donors (Lipinski definition) is 3. The number of nitrogens with zero attached hydrogens (tertiary/aromatic N) is 4. The first-order valence-corrected chi connectivity index (χ1v) is 6.76. The predicted molar refractivity (Wildman–Crippen MR) is 73.7 cm³/mol. The second-order valence-electron chi connectivity index (χ2n) is 4.37. The van der Waals surface area contributed by atoms with Crippen LogP contribution in [0.4, 0.5) is 5.82 Å². The Kier molecular flexibility index (Phi) is 3.42. The van der Waals surface area contributed by atoms with Crippen LogP contribution in [0.5, 0.6) is 0 Å². The van der Waals surface area contributed by atoms with Gasteiger partial charge in [-0.1, -0.05) is 15.9 Å². The largest absolute Gasteiger partial charge is 0.387 e. The van der Waals surface area contributed by atoms with Crippen molar-refractivity contribution in [3.8, 4) is 0 Å². The summed E-state index contributed by atoms with van der Waals surface area (Å²) < 4.78 is 7.15. The van der Waals surface area contributed by atoms with Crippen molar-refractivity contribution in [2.75, 3.05) is 5.73 Å². The highest BCUT2D eigenvalue weighted by Crippen LogP contribution is 2.32. The molecule has 0 spiro atoms. The summed E-state index contributed by atoms with van der Waals surface area (Å²) in [6.07, 6.45) is 0.822. The number of nitrogen functional groups attached to an aromatic ring is 1. The Bertz CT molecular complexity index is 661. The average Bonchev–Trinajstić information content (AvgIpc) is 2.97. The van der Waals surface area contributed by atoms with E-state index in [0.29, 0.717) is 11.2 Å². The van der Waals surface area contributed by atoms with E-state index in [1.54, 1.807) is 11.1 Å². The molecular weight excluding hydrogens is 330 g/mol. The van der Waals surface area contributed by atoms with Crippen LogP contribution in [0.1, 0.15) is 6.23 Å². The molecule has 4 unspecified atom stereocenters. The number of aliphatic hydroxyl groups is 2. The molecule has 1 aliphatic heterocycles. The zero-order chi connectivity index (χ0) is 14.3. The second-order valence-corrected chi connectivity index (χ2v) is 4.90. The maximum atomic E-state index is 10.1. The van der Waals surface area contributed by atoms with Gasteiger partial charge in [-0.25, -0.2) is 15.0 Å². The number of nitrogens with two attached hydrogens (primary N) is 1. The summed E-state index contributed by atoms with van der Waals surface area (Å²) in [5.74, 6) is 0.249. The number of halogens is 1. The number of ether oxygens (including phenoxy) is 1. The minimum absolute atomic E-state index is 0.249. The van der Waals surface area contributed by atoms with Crippen LogP contribution in [0, 0.1) is 0 Å². The minimum Gasteiger partial charge on any atom is -0.387 e. The van der Waals surface area contributed by atoms with Gasteiger partial charge in [0.05, 0.1) is 6.33 Å². The van der Waals surface area contributed by atoms with E-state index in [0.717, 1.165) is 0 Å². The van der Waals surface area contributed by atoms with E-state index in [9.17, 15) is 10.2 Å². The third-order valence-corrected chi connectivity index (χ3v) is 3.50. The van der Waals surface area contributed by atoms with Crippen LogP contribution in [0.3, 0.4) is 0 Å². The van der Waals surface area contributed by atoms with Crippen LogP contribution in [-0.4, -0.2) is 48.0 Å². The Morgan fingerprint density at radius 1 is 1.30 bits per heavy atom. The summed E-state index contributed by atoms with van der Waals surface area (Å²) in [5, 5.41) is 20.1. The van der Waals surface area contributed by atoms with E-state index in [1.165, 1.54) is 17.2 Å². The molecule has 2 aromatic heterocycles. The van der Waals surface area contributed by atoms with Crippen LogP contribution < -0.4 is 5.73 Å². The third-order valence-electron chi connectivity index (χ3n) is 3.20. The number of aromatic nitrogens is 4. The minimum atomic E-state index is -1.10. The van der Waals surface area contributed by atoms with E-state index in [-0.39, 0.29) is 5.82 Å². The van der Waals surface area contributed by atoms with Crippen molar-refractivity contribution < 1.29 is 14.9 Å². The molecule has 106 valence electrons. The number of aliphatic hydroxyl groups excluding tert-OH is 2. The summed E-state index contributed by atoms with van der Waals surface area (Å²) in [4.78, 5) is 13.6. The van der Waals surface area contributed by atoms with Gasteiger partial charge >= 0.3 is 0 Å². The van der Waals surface area contributed by atoms with Gasteiger partial charge in [-0.05, 0) is 11.1 Å². The maximum absolute atomic E-state index is 10.1. The number of fused-ring (bicyclic) bond motifs is 1. The first-order chi connectivity index (χ1) is 9.63. The summed E-state index contributed by atoms with van der Waals surface area (Å²) in [7, 11) is 0. The Hall–Kier alpha value is -1.55. The van der Waals surface area contributed by atoms with Crippen molar-refractivity contribution >= 4 is 32.9 Å². The molecule has 9 heteroatoms. The Balaban J connectivity index is 2.02. The van der Waals surface area contributed by atoms with Gasteiger partial charge in [0, 0.05) is 0 Å². The van der Waals surface area contributed by atoms with Gasteiger partial charge in [-0.2, -0.15) is 0 Å². The smallest absolute Gasteiger partial charge is 0.167 e. The first-order valence-electron chi connectivity index (χ1n) is 5.85. The summed E-state index contributed by atoms with van der Waals surface area (Å²) in [5.41, 5.74) is 6.58. The van der Waals surface area contributed by atoms with Crippen LogP contribution >= 0.6 is 15.9 Å². The molecule has 3 rings (SSSR count). The molecule has 2 aromatic rings. The lowest BCUT2D eigenvalue weighted by atomic mass is 10.1. The highest BCUT2D eigenvalue weighted by Gasteiger charge is 2.43. The van der Waals surface area contributed by atoms with Crippen LogP contribution in [0.15, 0.2) is 23.7 Å². The highest BCUT2D eigenvalue weighted by atomic mass is 79.9. The van der Waals surface area contributed by atoms with Gasteiger partial charge in [0.15, 0.2) is 17.7 Å². The zero-order valence-electron chi connectivity index (χ0n) is 10.2. The number of hydrogen-bond acceptors (Lipinski definition) is 7. The molecule has 1 fully saturated rings. The average molecular weight is 342 g/mol. The molecule has 4 N–H and O–H groups in total. The van der Waals surface area contributed by atoms with E-state index >= 15 is 0 Å². The summed E-state index contributed by atoms with van der Waals surface area (Å²) >= 11 is 3.12. The Morgan fingerprint density at radius 2 is 2.10 bits per heavy atom. The van der Waals surface area contributed by atoms with Crippen LogP contribution in [0.2, 0.25) is 0 Å². The zero-order valence-corrected chi connectivity index (χ0v) is 11.8. The maximum Gasteiger partial charge on any atom is 0.167 e. The van der Waals surface area contributed by atoms with Gasteiger partial charge in [-0.15, -0.1) is 0 Å². The lowest BCUT2D eigenvalue weighted by Crippen LogP contribution is -2.30. The fourth-order valence-corrected chi connectivity index (χ4v) is 2.50. The SMILES string of the molecule is Nc1ncnc2c1ncn2C1OC(/C=C\Br)C(O)C1O. The topological polar surface area (TPSA) is 119 Å². The summed E-state index contributed by atoms with van der Waals surface area (Å²) in [6, 6.07) is 0. The lowest BCUT2D eigenvalue weighted by molar-refractivity contribution is -0.0244. The van der Waals surface area contributed by atoms with Crippen molar-refractivity contribution in [3.05, 3.63) is 23.7 Å². The van der Waals surface area contributed by atoms with Crippen LogP contribution in [-0.2, 0) is 4.74 Å². The standard InChI is InChI=1S/C11H12BrN5O3/c12-2-1-5-7(18)8(19)11(20-5)17-4-16-6-9(13)14-3-15-10(6)17/h1-5,7-8,11,18-19H,(H2,13,14,15)/b2-1-. The van der Waals surface area contributed by atoms with Crippen molar-refractivity contribution in [2.24, 2.45) is 0 Å². The van der Waals surface area contributed by atoms with Crippen molar-refractivity contribution in [3.63, 3.8) is 0 Å². The molecule has 0 amide bonds. The molecular formula is C11H12BrN5O3. The van der Waals surface area contributed by atoms with Crippen molar-refractivity contribution in [1.82, 2.24) is 19.5 Å². The first kappa shape index (κ1) is 13.4. The molecule has 0 aliphatic carbocycles. The molecule has 0 bridgehead atoms. The molecule has 20 heavy (non-hydrogen) atoms. The van der Waals surface area contributed by atoms with Crippen LogP contribution in [0.25, 0.3) is 11.2 Å². The Morgan fingerprint density at radius 3 is 2.85 bits per heavy atom. The molecule has 0 radical (unpaired) electrons. The second kappa shape index (κ2) is 5.09. The quantitative estimate of drug-likeness (QED) is 0.699. The highest BCUT2D eigenvalue weighted by molar-refractivity contribution is 9.11. The van der Waals surface area contributed by atoms with Gasteiger partial charge in [0.1, 0.15) is 30.2 Å². The van der Waals surface area contributed by atoms with Crippen molar-refractivity contribution in [2.45, 2.75) is 24.5 Å². The molecule has 1 saturated heterocycles. The third kappa shape index (κ3) is 1.99. The van der Waals surface area contributed by atoms with E-state index in [1.807, 2.05) is 0 Å².